The van der Waals surface area contributed by atoms with Crippen molar-refractivity contribution in [3.63, 3.8) is 0 Å². The lowest BCUT2D eigenvalue weighted by Crippen LogP contribution is -2.52. The van der Waals surface area contributed by atoms with Gasteiger partial charge in [0.1, 0.15) is 11.7 Å². The fraction of sp³-hybridized carbons (Fsp3) is 0.368. The Balaban J connectivity index is 1.68. The van der Waals surface area contributed by atoms with Crippen LogP contribution in [0.25, 0.3) is 0 Å². The van der Waals surface area contributed by atoms with Crippen molar-refractivity contribution in [1.82, 2.24) is 20.4 Å². The zero-order valence-electron chi connectivity index (χ0n) is 14.7. The molecule has 136 valence electrons. The van der Waals surface area contributed by atoms with E-state index in [0.29, 0.717) is 19.5 Å². The summed E-state index contributed by atoms with van der Waals surface area (Å²) in [6, 6.07) is 10.1. The lowest BCUT2D eigenvalue weighted by Gasteiger charge is -2.34. The van der Waals surface area contributed by atoms with Gasteiger partial charge in [-0.2, -0.15) is 5.10 Å². The fourth-order valence-electron chi connectivity index (χ4n) is 3.07. The quantitative estimate of drug-likeness (QED) is 0.867. The Bertz CT molecular complexity index is 824. The maximum atomic E-state index is 12.7. The third kappa shape index (κ3) is 4.17. The molecular formula is C19H22N4O3. The second-order valence-corrected chi connectivity index (χ2v) is 6.52. The first kappa shape index (κ1) is 17.8. The first-order chi connectivity index (χ1) is 12.5. The highest BCUT2D eigenvalue weighted by molar-refractivity contribution is 5.96. The summed E-state index contributed by atoms with van der Waals surface area (Å²) < 4.78 is 0. The molecular weight excluding hydrogens is 332 g/mol. The van der Waals surface area contributed by atoms with Crippen molar-refractivity contribution >= 4 is 11.8 Å². The molecule has 1 fully saturated rings. The van der Waals surface area contributed by atoms with Crippen LogP contribution in [0.3, 0.4) is 0 Å². The van der Waals surface area contributed by atoms with Crippen molar-refractivity contribution in [1.29, 1.82) is 0 Å². The van der Waals surface area contributed by atoms with E-state index in [1.165, 1.54) is 12.1 Å². The number of nitrogens with zero attached hydrogens (tertiary/aromatic N) is 2. The molecule has 2 heterocycles. The Kier molecular flexibility index (Phi) is 5.46. The number of amides is 2. The average Bonchev–Trinajstić information content (AvgIpc) is 2.67. The van der Waals surface area contributed by atoms with Gasteiger partial charge in [0.05, 0.1) is 0 Å². The van der Waals surface area contributed by atoms with E-state index in [2.05, 4.69) is 15.5 Å². The molecule has 7 nitrogen and oxygen atoms in total. The van der Waals surface area contributed by atoms with Crippen molar-refractivity contribution in [3.8, 4) is 0 Å². The molecule has 26 heavy (non-hydrogen) atoms. The van der Waals surface area contributed by atoms with Crippen molar-refractivity contribution in [2.24, 2.45) is 0 Å². The number of carbonyl (C=O) groups is 2. The molecule has 7 heteroatoms. The molecule has 0 spiro atoms. The van der Waals surface area contributed by atoms with Gasteiger partial charge in [0.2, 0.25) is 5.91 Å². The monoisotopic (exact) mass is 354 g/mol. The van der Waals surface area contributed by atoms with Crippen LogP contribution < -0.4 is 10.9 Å². The predicted octanol–water partition coefficient (Wildman–Crippen LogP) is 1.39. The molecule has 1 unspecified atom stereocenters. The zero-order valence-corrected chi connectivity index (χ0v) is 14.7. The van der Waals surface area contributed by atoms with E-state index in [9.17, 15) is 14.4 Å². The van der Waals surface area contributed by atoms with Gasteiger partial charge in [-0.3, -0.25) is 14.4 Å². The molecule has 3 rings (SSSR count). The number of rotatable bonds is 4. The van der Waals surface area contributed by atoms with E-state index in [4.69, 9.17) is 0 Å². The van der Waals surface area contributed by atoms with Gasteiger partial charge < -0.3 is 10.2 Å². The van der Waals surface area contributed by atoms with Crippen molar-refractivity contribution in [2.45, 2.75) is 38.8 Å². The van der Waals surface area contributed by atoms with E-state index < -0.39 is 6.04 Å². The molecule has 0 aliphatic carbocycles. The summed E-state index contributed by atoms with van der Waals surface area (Å²) >= 11 is 0. The minimum absolute atomic E-state index is 0.142. The van der Waals surface area contributed by atoms with Crippen LogP contribution in [0.2, 0.25) is 0 Å². The van der Waals surface area contributed by atoms with Crippen LogP contribution in [0.15, 0.2) is 41.2 Å². The number of carbonyl (C=O) groups excluding carboxylic acids is 2. The van der Waals surface area contributed by atoms with E-state index in [0.717, 1.165) is 24.0 Å². The number of nitrogens with one attached hydrogen (secondary N) is 2. The van der Waals surface area contributed by atoms with Gasteiger partial charge in [-0.05, 0) is 37.8 Å². The summed E-state index contributed by atoms with van der Waals surface area (Å²) in [5.74, 6) is -0.500. The third-order valence-corrected chi connectivity index (χ3v) is 4.55. The smallest absolute Gasteiger partial charge is 0.274 e. The minimum atomic E-state index is -0.518. The van der Waals surface area contributed by atoms with Crippen LogP contribution in [0.1, 0.15) is 40.9 Å². The summed E-state index contributed by atoms with van der Waals surface area (Å²) in [4.78, 5) is 38.0. The Morgan fingerprint density at radius 3 is 2.65 bits per heavy atom. The number of hydrogen-bond acceptors (Lipinski definition) is 4. The topological polar surface area (TPSA) is 95.2 Å². The molecule has 1 aromatic heterocycles. The lowest BCUT2D eigenvalue weighted by molar-refractivity contribution is -0.126. The van der Waals surface area contributed by atoms with Gasteiger partial charge >= 0.3 is 0 Å². The molecule has 1 atom stereocenters. The summed E-state index contributed by atoms with van der Waals surface area (Å²) in [6.45, 7) is 2.94. The van der Waals surface area contributed by atoms with Crippen LogP contribution in [-0.2, 0) is 11.3 Å². The van der Waals surface area contributed by atoms with Crippen LogP contribution in [0, 0.1) is 6.92 Å². The van der Waals surface area contributed by atoms with Gasteiger partial charge in [0, 0.05) is 19.2 Å². The van der Waals surface area contributed by atoms with Crippen molar-refractivity contribution in [2.75, 3.05) is 6.54 Å². The predicted molar refractivity (Wildman–Crippen MR) is 96.6 cm³/mol. The van der Waals surface area contributed by atoms with E-state index in [1.807, 2.05) is 31.2 Å². The molecule has 0 bridgehead atoms. The molecule has 1 saturated heterocycles. The number of hydrogen-bond donors (Lipinski definition) is 2. The van der Waals surface area contributed by atoms with Crippen LogP contribution >= 0.6 is 0 Å². The molecule has 1 aliphatic heterocycles. The number of aromatic nitrogens is 2. The lowest BCUT2D eigenvalue weighted by atomic mass is 10.0. The molecule has 1 aliphatic rings. The van der Waals surface area contributed by atoms with Gasteiger partial charge in [0.15, 0.2) is 0 Å². The van der Waals surface area contributed by atoms with Crippen LogP contribution in [0.5, 0.6) is 0 Å². The minimum Gasteiger partial charge on any atom is -0.350 e. The number of benzene rings is 1. The second-order valence-electron chi connectivity index (χ2n) is 6.52. The van der Waals surface area contributed by atoms with E-state index in [1.54, 1.807) is 4.90 Å². The second kappa shape index (κ2) is 7.95. The highest BCUT2D eigenvalue weighted by Gasteiger charge is 2.33. The fourth-order valence-corrected chi connectivity index (χ4v) is 3.07. The Morgan fingerprint density at radius 1 is 1.19 bits per heavy atom. The third-order valence-electron chi connectivity index (χ3n) is 4.55. The SMILES string of the molecule is Cc1ccc(CNC(=O)C2CCCCN2C(=O)c2ccc(=O)[nH]n2)cc1. The Hall–Kier alpha value is -2.96. The molecule has 0 saturated carbocycles. The molecule has 1 aromatic carbocycles. The van der Waals surface area contributed by atoms with Gasteiger partial charge in [0.25, 0.3) is 11.5 Å². The summed E-state index contributed by atoms with van der Waals surface area (Å²) in [5.41, 5.74) is 1.95. The highest BCUT2D eigenvalue weighted by Crippen LogP contribution is 2.19. The standard InChI is InChI=1S/C19H22N4O3/c1-13-5-7-14(8-6-13)12-20-18(25)16-4-2-3-11-23(16)19(26)15-9-10-17(24)22-21-15/h5-10,16H,2-4,11-12H2,1H3,(H,20,25)(H,22,24). The Labute approximate surface area is 151 Å². The van der Waals surface area contributed by atoms with E-state index >= 15 is 0 Å². The summed E-state index contributed by atoms with van der Waals surface area (Å²) in [7, 11) is 0. The largest absolute Gasteiger partial charge is 0.350 e. The molecule has 2 amide bonds. The van der Waals surface area contributed by atoms with Crippen LogP contribution in [0.4, 0.5) is 0 Å². The van der Waals surface area contributed by atoms with Gasteiger partial charge in [-0.15, -0.1) is 0 Å². The van der Waals surface area contributed by atoms with Crippen LogP contribution in [-0.4, -0.2) is 39.5 Å². The van der Waals surface area contributed by atoms with Crippen molar-refractivity contribution < 1.29 is 9.59 Å². The number of H-pyrrole nitrogens is 1. The van der Waals surface area contributed by atoms with E-state index in [-0.39, 0.29) is 23.1 Å². The maximum absolute atomic E-state index is 12.7. The molecule has 2 N–H and O–H groups in total. The van der Waals surface area contributed by atoms with Crippen molar-refractivity contribution in [3.05, 3.63) is 63.6 Å². The number of likely N-dealkylation sites (tertiary alicyclic amines) is 1. The number of piperidine rings is 1. The zero-order chi connectivity index (χ0) is 18.5. The first-order valence-corrected chi connectivity index (χ1v) is 8.74. The Morgan fingerprint density at radius 2 is 1.96 bits per heavy atom. The molecule has 0 radical (unpaired) electrons. The summed E-state index contributed by atoms with van der Waals surface area (Å²) in [5, 5.41) is 8.97. The number of aromatic amines is 1. The van der Waals surface area contributed by atoms with Gasteiger partial charge in [-0.25, -0.2) is 5.10 Å². The summed E-state index contributed by atoms with van der Waals surface area (Å²) in [6.07, 6.45) is 2.36. The average molecular weight is 354 g/mol. The maximum Gasteiger partial charge on any atom is 0.274 e. The highest BCUT2D eigenvalue weighted by atomic mass is 16.2. The number of aryl methyl sites for hydroxylation is 1. The normalized spacial score (nSPS) is 17.0. The first-order valence-electron chi connectivity index (χ1n) is 8.74. The van der Waals surface area contributed by atoms with Gasteiger partial charge in [-0.1, -0.05) is 29.8 Å². The molecule has 2 aromatic rings.